The van der Waals surface area contributed by atoms with Gasteiger partial charge in [-0.05, 0) is 36.4 Å². The SMILES string of the molecule is C[NH+]1CCN(c2ccc(NC(=O)c3cc(Cl)c4c(c3)OCCO4)cc2)CC1. The van der Waals surface area contributed by atoms with Crippen LogP contribution in [0.2, 0.25) is 5.02 Å². The third-order valence-electron chi connectivity index (χ3n) is 4.97. The predicted octanol–water partition coefficient (Wildman–Crippen LogP) is 1.70. The molecule has 0 spiro atoms. The van der Waals surface area contributed by atoms with Crippen molar-refractivity contribution in [3.8, 4) is 11.5 Å². The van der Waals surface area contributed by atoms with E-state index < -0.39 is 0 Å². The molecule has 7 heteroatoms. The molecule has 2 aromatic rings. The average Bonchev–Trinajstić information content (AvgIpc) is 2.69. The minimum atomic E-state index is -0.232. The number of nitrogens with zero attached hydrogens (tertiary/aromatic N) is 1. The fraction of sp³-hybridized carbons (Fsp3) is 0.350. The Morgan fingerprint density at radius 3 is 2.56 bits per heavy atom. The second kappa shape index (κ2) is 7.66. The molecule has 1 saturated heterocycles. The van der Waals surface area contributed by atoms with Gasteiger partial charge in [-0.3, -0.25) is 4.79 Å². The van der Waals surface area contributed by atoms with Gasteiger partial charge in [0.05, 0.1) is 38.2 Å². The molecule has 2 aliphatic rings. The van der Waals surface area contributed by atoms with E-state index >= 15 is 0 Å². The van der Waals surface area contributed by atoms with Crippen LogP contribution in [-0.4, -0.2) is 52.3 Å². The summed E-state index contributed by atoms with van der Waals surface area (Å²) in [7, 11) is 2.22. The molecule has 4 rings (SSSR count). The van der Waals surface area contributed by atoms with E-state index in [0.717, 1.165) is 31.9 Å². The molecular formula is C20H23ClN3O3+. The van der Waals surface area contributed by atoms with Crippen molar-refractivity contribution in [2.75, 3.05) is 56.7 Å². The number of hydrogen-bond acceptors (Lipinski definition) is 4. The Labute approximate surface area is 163 Å². The summed E-state index contributed by atoms with van der Waals surface area (Å²) in [6.07, 6.45) is 0. The number of rotatable bonds is 3. The zero-order chi connectivity index (χ0) is 18.8. The molecule has 2 N–H and O–H groups in total. The molecule has 6 nitrogen and oxygen atoms in total. The van der Waals surface area contributed by atoms with Crippen molar-refractivity contribution in [2.24, 2.45) is 0 Å². The maximum Gasteiger partial charge on any atom is 0.255 e. The highest BCUT2D eigenvalue weighted by molar-refractivity contribution is 6.32. The summed E-state index contributed by atoms with van der Waals surface area (Å²) in [5.41, 5.74) is 2.37. The molecular weight excluding hydrogens is 366 g/mol. The van der Waals surface area contributed by atoms with Gasteiger partial charge in [-0.25, -0.2) is 0 Å². The van der Waals surface area contributed by atoms with Crippen LogP contribution in [0, 0.1) is 0 Å². The van der Waals surface area contributed by atoms with E-state index in [9.17, 15) is 4.79 Å². The standard InChI is InChI=1S/C20H22ClN3O3/c1-23-6-8-24(9-7-23)16-4-2-15(3-5-16)22-20(25)14-12-17(21)19-18(13-14)26-10-11-27-19/h2-5,12-13H,6-11H2,1H3,(H,22,25)/p+1. The highest BCUT2D eigenvalue weighted by atomic mass is 35.5. The molecule has 2 aromatic carbocycles. The molecule has 0 bridgehead atoms. The molecule has 0 unspecified atom stereocenters. The number of fused-ring (bicyclic) bond motifs is 1. The number of quaternary nitrogens is 1. The van der Waals surface area contributed by atoms with E-state index in [1.807, 2.05) is 24.3 Å². The normalized spacial score (nSPS) is 16.9. The first-order chi connectivity index (χ1) is 13.1. The first-order valence-corrected chi connectivity index (χ1v) is 9.55. The number of nitrogens with one attached hydrogen (secondary N) is 2. The number of piperazine rings is 1. The molecule has 0 aliphatic carbocycles. The lowest BCUT2D eigenvalue weighted by atomic mass is 10.1. The molecule has 0 aromatic heterocycles. The summed E-state index contributed by atoms with van der Waals surface area (Å²) in [6, 6.07) is 11.2. The van der Waals surface area contributed by atoms with Gasteiger partial charge in [0.1, 0.15) is 13.2 Å². The van der Waals surface area contributed by atoms with Gasteiger partial charge in [-0.1, -0.05) is 11.6 Å². The first-order valence-electron chi connectivity index (χ1n) is 9.17. The fourth-order valence-electron chi connectivity index (χ4n) is 3.35. The largest absolute Gasteiger partial charge is 0.486 e. The summed E-state index contributed by atoms with van der Waals surface area (Å²) in [5.74, 6) is 0.772. The van der Waals surface area contributed by atoms with Crippen molar-refractivity contribution in [1.82, 2.24) is 0 Å². The summed E-state index contributed by atoms with van der Waals surface area (Å²) in [6.45, 7) is 5.29. The Morgan fingerprint density at radius 2 is 1.81 bits per heavy atom. The van der Waals surface area contributed by atoms with Crippen LogP contribution < -0.4 is 24.6 Å². The lowest BCUT2D eigenvalue weighted by Gasteiger charge is -2.31. The maximum atomic E-state index is 12.6. The first kappa shape index (κ1) is 17.9. The lowest BCUT2D eigenvalue weighted by Crippen LogP contribution is -3.12. The highest BCUT2D eigenvalue weighted by Gasteiger charge is 2.20. The Morgan fingerprint density at radius 1 is 1.11 bits per heavy atom. The molecule has 27 heavy (non-hydrogen) atoms. The van der Waals surface area contributed by atoms with Crippen LogP contribution in [0.15, 0.2) is 36.4 Å². The van der Waals surface area contributed by atoms with Crippen LogP contribution in [-0.2, 0) is 0 Å². The highest BCUT2D eigenvalue weighted by Crippen LogP contribution is 2.38. The van der Waals surface area contributed by atoms with Crippen molar-refractivity contribution in [2.45, 2.75) is 0 Å². The van der Waals surface area contributed by atoms with Gasteiger partial charge < -0.3 is 24.6 Å². The van der Waals surface area contributed by atoms with E-state index in [4.69, 9.17) is 21.1 Å². The van der Waals surface area contributed by atoms with Crippen molar-refractivity contribution >= 4 is 28.9 Å². The van der Waals surface area contributed by atoms with Gasteiger partial charge in [0.15, 0.2) is 11.5 Å². The molecule has 0 saturated carbocycles. The van der Waals surface area contributed by atoms with Crippen LogP contribution in [0.1, 0.15) is 10.4 Å². The van der Waals surface area contributed by atoms with E-state index in [0.29, 0.717) is 35.3 Å². The van der Waals surface area contributed by atoms with Crippen LogP contribution in [0.5, 0.6) is 11.5 Å². The van der Waals surface area contributed by atoms with Crippen molar-refractivity contribution in [1.29, 1.82) is 0 Å². The van der Waals surface area contributed by atoms with E-state index in [-0.39, 0.29) is 5.91 Å². The number of ether oxygens (including phenoxy) is 2. The second-order valence-electron chi connectivity index (χ2n) is 6.93. The molecule has 1 amide bonds. The number of carbonyl (C=O) groups excluding carboxylic acids is 1. The Bertz CT molecular complexity index is 833. The monoisotopic (exact) mass is 388 g/mol. The van der Waals surface area contributed by atoms with E-state index in [1.54, 1.807) is 17.0 Å². The molecule has 2 heterocycles. The van der Waals surface area contributed by atoms with E-state index in [1.165, 1.54) is 5.69 Å². The molecule has 0 atom stereocenters. The summed E-state index contributed by atoms with van der Waals surface area (Å²) in [4.78, 5) is 16.5. The lowest BCUT2D eigenvalue weighted by molar-refractivity contribution is -0.880. The van der Waals surface area contributed by atoms with Gasteiger partial charge in [-0.15, -0.1) is 0 Å². The second-order valence-corrected chi connectivity index (χ2v) is 7.33. The van der Waals surface area contributed by atoms with Crippen molar-refractivity contribution in [3.05, 3.63) is 47.0 Å². The Hall–Kier alpha value is -2.44. The number of anilines is 2. The minimum absolute atomic E-state index is 0.232. The number of amides is 1. The van der Waals surface area contributed by atoms with Gasteiger partial charge in [0.2, 0.25) is 0 Å². The molecule has 1 fully saturated rings. The van der Waals surface area contributed by atoms with Gasteiger partial charge >= 0.3 is 0 Å². The third-order valence-corrected chi connectivity index (χ3v) is 5.25. The van der Waals surface area contributed by atoms with Crippen LogP contribution in [0.25, 0.3) is 0 Å². The number of hydrogen-bond donors (Lipinski definition) is 2. The van der Waals surface area contributed by atoms with Crippen molar-refractivity contribution in [3.63, 3.8) is 0 Å². The zero-order valence-electron chi connectivity index (χ0n) is 15.3. The summed E-state index contributed by atoms with van der Waals surface area (Å²) >= 11 is 6.22. The number of benzene rings is 2. The quantitative estimate of drug-likeness (QED) is 0.840. The number of likely N-dealkylation sites (N-methyl/N-ethyl adjacent to an activating group) is 1. The smallest absolute Gasteiger partial charge is 0.255 e. The van der Waals surface area contributed by atoms with Crippen molar-refractivity contribution < 1.29 is 19.2 Å². The Balaban J connectivity index is 1.44. The fourth-order valence-corrected chi connectivity index (χ4v) is 3.61. The third kappa shape index (κ3) is 3.96. The summed E-state index contributed by atoms with van der Waals surface area (Å²) in [5, 5.41) is 3.29. The molecule has 2 aliphatic heterocycles. The molecule has 0 radical (unpaired) electrons. The van der Waals surface area contributed by atoms with Gasteiger partial charge in [0.25, 0.3) is 5.91 Å². The minimum Gasteiger partial charge on any atom is -0.486 e. The maximum absolute atomic E-state index is 12.6. The molecule has 142 valence electrons. The average molecular weight is 389 g/mol. The number of carbonyl (C=O) groups is 1. The van der Waals surface area contributed by atoms with Crippen LogP contribution in [0.3, 0.4) is 0 Å². The number of halogens is 1. The van der Waals surface area contributed by atoms with Crippen LogP contribution in [0.4, 0.5) is 11.4 Å². The van der Waals surface area contributed by atoms with Crippen LogP contribution >= 0.6 is 11.6 Å². The zero-order valence-corrected chi connectivity index (χ0v) is 16.0. The Kier molecular flexibility index (Phi) is 5.09. The topological polar surface area (TPSA) is 55.2 Å². The van der Waals surface area contributed by atoms with Gasteiger partial charge in [-0.2, -0.15) is 0 Å². The predicted molar refractivity (Wildman–Crippen MR) is 106 cm³/mol. The summed E-state index contributed by atoms with van der Waals surface area (Å²) < 4.78 is 11.0. The van der Waals surface area contributed by atoms with E-state index in [2.05, 4.69) is 17.3 Å². The van der Waals surface area contributed by atoms with Gasteiger partial charge in [0, 0.05) is 16.9 Å².